The summed E-state index contributed by atoms with van der Waals surface area (Å²) in [5.41, 5.74) is 0. The lowest BCUT2D eigenvalue weighted by atomic mass is 10.2. The van der Waals surface area contributed by atoms with Gasteiger partial charge in [0.25, 0.3) is 0 Å². The summed E-state index contributed by atoms with van der Waals surface area (Å²) in [6, 6.07) is 0.437. The molecule has 2 amide bonds. The summed E-state index contributed by atoms with van der Waals surface area (Å²) in [7, 11) is 0. The van der Waals surface area contributed by atoms with Gasteiger partial charge in [-0.25, -0.2) is 0 Å². The number of carbonyl (C=O) groups is 2. The topological polar surface area (TPSA) is 58.2 Å². The van der Waals surface area contributed by atoms with Gasteiger partial charge >= 0.3 is 0 Å². The number of amides is 2. The Kier molecular flexibility index (Phi) is 5.15. The molecule has 1 fully saturated rings. The molecule has 1 saturated carbocycles. The summed E-state index contributed by atoms with van der Waals surface area (Å²) < 4.78 is 0. The summed E-state index contributed by atoms with van der Waals surface area (Å²) in [6.07, 6.45) is 4.94. The molecule has 0 aliphatic heterocycles. The van der Waals surface area contributed by atoms with E-state index in [2.05, 4.69) is 10.6 Å². The third kappa shape index (κ3) is 6.10. The fraction of sp³-hybridized carbons (Fsp3) is 0.818. The average Bonchev–Trinajstić information content (AvgIpc) is 2.97. The molecule has 0 bridgehead atoms. The van der Waals surface area contributed by atoms with E-state index >= 15 is 0 Å². The number of hydrogen-bond donors (Lipinski definition) is 2. The highest BCUT2D eigenvalue weighted by molar-refractivity contribution is 5.77. The van der Waals surface area contributed by atoms with Gasteiger partial charge in [-0.2, -0.15) is 0 Å². The minimum Gasteiger partial charge on any atom is -0.356 e. The van der Waals surface area contributed by atoms with Crippen LogP contribution in [0.1, 0.15) is 45.4 Å². The van der Waals surface area contributed by atoms with Crippen LogP contribution in [0.15, 0.2) is 0 Å². The SMILES string of the molecule is CCCC(=O)NCCCC(=O)NC1CC1. The Bertz CT molecular complexity index is 225. The summed E-state index contributed by atoms with van der Waals surface area (Å²) in [4.78, 5) is 22.3. The van der Waals surface area contributed by atoms with Crippen LogP contribution in [0.4, 0.5) is 0 Å². The lowest BCUT2D eigenvalue weighted by Crippen LogP contribution is -2.28. The van der Waals surface area contributed by atoms with E-state index in [4.69, 9.17) is 0 Å². The Hall–Kier alpha value is -1.06. The first-order valence-electron chi connectivity index (χ1n) is 5.78. The molecule has 0 saturated heterocycles. The first-order chi connectivity index (χ1) is 7.22. The van der Waals surface area contributed by atoms with Crippen molar-refractivity contribution in [2.45, 2.75) is 51.5 Å². The molecular formula is C11H20N2O2. The minimum absolute atomic E-state index is 0.0834. The summed E-state index contributed by atoms with van der Waals surface area (Å²) in [6.45, 7) is 2.58. The second kappa shape index (κ2) is 6.43. The van der Waals surface area contributed by atoms with Gasteiger partial charge in [-0.1, -0.05) is 6.92 Å². The molecule has 0 atom stereocenters. The molecule has 1 aliphatic carbocycles. The van der Waals surface area contributed by atoms with Gasteiger partial charge in [-0.05, 0) is 25.7 Å². The zero-order valence-electron chi connectivity index (χ0n) is 9.34. The maximum Gasteiger partial charge on any atom is 0.220 e. The molecule has 0 aromatic carbocycles. The summed E-state index contributed by atoms with van der Waals surface area (Å²) >= 11 is 0. The van der Waals surface area contributed by atoms with Gasteiger partial charge in [0.1, 0.15) is 0 Å². The van der Waals surface area contributed by atoms with Crippen molar-refractivity contribution in [1.29, 1.82) is 0 Å². The predicted octanol–water partition coefficient (Wildman–Crippen LogP) is 0.961. The summed E-state index contributed by atoms with van der Waals surface area (Å²) in [5, 5.41) is 5.70. The number of hydrogen-bond acceptors (Lipinski definition) is 2. The molecule has 0 unspecified atom stereocenters. The Balaban J connectivity index is 1.91. The van der Waals surface area contributed by atoms with E-state index in [0.717, 1.165) is 25.7 Å². The molecule has 15 heavy (non-hydrogen) atoms. The molecule has 86 valence electrons. The van der Waals surface area contributed by atoms with Gasteiger partial charge in [0.15, 0.2) is 0 Å². The molecule has 1 rings (SSSR count). The normalized spacial score (nSPS) is 14.7. The number of rotatable bonds is 7. The number of carbonyl (C=O) groups excluding carboxylic acids is 2. The van der Waals surface area contributed by atoms with E-state index in [1.165, 1.54) is 0 Å². The van der Waals surface area contributed by atoms with Crippen LogP contribution in [0, 0.1) is 0 Å². The monoisotopic (exact) mass is 212 g/mol. The first-order valence-corrected chi connectivity index (χ1v) is 5.78. The Morgan fingerprint density at radius 3 is 2.53 bits per heavy atom. The quantitative estimate of drug-likeness (QED) is 0.618. The van der Waals surface area contributed by atoms with Crippen LogP contribution in [-0.4, -0.2) is 24.4 Å². The smallest absolute Gasteiger partial charge is 0.220 e. The molecular weight excluding hydrogens is 192 g/mol. The second-order valence-corrected chi connectivity index (χ2v) is 4.05. The summed E-state index contributed by atoms with van der Waals surface area (Å²) in [5.74, 6) is 0.197. The molecule has 0 radical (unpaired) electrons. The molecule has 1 aliphatic rings. The van der Waals surface area contributed by atoms with Crippen molar-refractivity contribution < 1.29 is 9.59 Å². The van der Waals surface area contributed by atoms with Gasteiger partial charge in [0.05, 0.1) is 0 Å². The van der Waals surface area contributed by atoms with Crippen molar-refractivity contribution in [2.75, 3.05) is 6.54 Å². The second-order valence-electron chi connectivity index (χ2n) is 4.05. The molecule has 0 spiro atoms. The highest BCUT2D eigenvalue weighted by Gasteiger charge is 2.22. The standard InChI is InChI=1S/C11H20N2O2/c1-2-4-10(14)12-8-3-5-11(15)13-9-6-7-9/h9H,2-8H2,1H3,(H,12,14)(H,13,15). The van der Waals surface area contributed by atoms with Crippen molar-refractivity contribution in [3.05, 3.63) is 0 Å². The molecule has 2 N–H and O–H groups in total. The molecule has 0 heterocycles. The van der Waals surface area contributed by atoms with E-state index in [1.54, 1.807) is 0 Å². The zero-order valence-corrected chi connectivity index (χ0v) is 9.34. The Labute approximate surface area is 90.8 Å². The van der Waals surface area contributed by atoms with Gasteiger partial charge in [0.2, 0.25) is 11.8 Å². The average molecular weight is 212 g/mol. The van der Waals surface area contributed by atoms with Crippen LogP contribution in [0.2, 0.25) is 0 Å². The lowest BCUT2D eigenvalue weighted by molar-refractivity contribution is -0.123. The highest BCUT2D eigenvalue weighted by Crippen LogP contribution is 2.18. The van der Waals surface area contributed by atoms with Crippen molar-refractivity contribution in [3.63, 3.8) is 0 Å². The predicted molar refractivity (Wildman–Crippen MR) is 58.3 cm³/mol. The molecule has 4 nitrogen and oxygen atoms in total. The Morgan fingerprint density at radius 2 is 1.93 bits per heavy atom. The van der Waals surface area contributed by atoms with Gasteiger partial charge < -0.3 is 10.6 Å². The first kappa shape index (κ1) is 12.0. The highest BCUT2D eigenvalue weighted by atomic mass is 16.2. The molecule has 0 aromatic heterocycles. The van der Waals surface area contributed by atoms with Crippen molar-refractivity contribution in [2.24, 2.45) is 0 Å². The maximum atomic E-state index is 11.2. The van der Waals surface area contributed by atoms with Crippen molar-refractivity contribution in [1.82, 2.24) is 10.6 Å². The zero-order chi connectivity index (χ0) is 11.1. The third-order valence-electron chi connectivity index (χ3n) is 2.32. The van der Waals surface area contributed by atoms with E-state index in [1.807, 2.05) is 6.92 Å². The fourth-order valence-electron chi connectivity index (χ4n) is 1.32. The van der Waals surface area contributed by atoms with Gasteiger partial charge in [-0.3, -0.25) is 9.59 Å². The maximum absolute atomic E-state index is 11.2. The van der Waals surface area contributed by atoms with Gasteiger partial charge in [-0.15, -0.1) is 0 Å². The van der Waals surface area contributed by atoms with Crippen LogP contribution in [-0.2, 0) is 9.59 Å². The number of nitrogens with one attached hydrogen (secondary N) is 2. The van der Waals surface area contributed by atoms with E-state index in [0.29, 0.717) is 25.4 Å². The van der Waals surface area contributed by atoms with Crippen molar-refractivity contribution in [3.8, 4) is 0 Å². The van der Waals surface area contributed by atoms with Gasteiger partial charge in [0, 0.05) is 25.4 Å². The molecule has 0 aromatic rings. The lowest BCUT2D eigenvalue weighted by Gasteiger charge is -2.04. The van der Waals surface area contributed by atoms with Crippen LogP contribution < -0.4 is 10.6 Å². The van der Waals surface area contributed by atoms with Crippen molar-refractivity contribution >= 4 is 11.8 Å². The van der Waals surface area contributed by atoms with E-state index in [-0.39, 0.29) is 11.8 Å². The van der Waals surface area contributed by atoms with Crippen LogP contribution in [0.3, 0.4) is 0 Å². The van der Waals surface area contributed by atoms with Crippen LogP contribution >= 0.6 is 0 Å². The third-order valence-corrected chi connectivity index (χ3v) is 2.32. The molecule has 4 heteroatoms. The van der Waals surface area contributed by atoms with Crippen LogP contribution in [0.5, 0.6) is 0 Å². The largest absolute Gasteiger partial charge is 0.356 e. The van der Waals surface area contributed by atoms with E-state index < -0.39 is 0 Å². The minimum atomic E-state index is 0.0834. The van der Waals surface area contributed by atoms with E-state index in [9.17, 15) is 9.59 Å². The fourth-order valence-corrected chi connectivity index (χ4v) is 1.32. The van der Waals surface area contributed by atoms with Crippen LogP contribution in [0.25, 0.3) is 0 Å². The Morgan fingerprint density at radius 1 is 1.20 bits per heavy atom.